The van der Waals surface area contributed by atoms with Gasteiger partial charge >= 0.3 is 0 Å². The largest absolute Gasteiger partial charge is 0.368 e. The fourth-order valence-electron chi connectivity index (χ4n) is 2.71. The van der Waals surface area contributed by atoms with Gasteiger partial charge in [-0.2, -0.15) is 0 Å². The maximum Gasteiger partial charge on any atom is 0.246 e. The number of hydrogen-bond donors (Lipinski definition) is 1. The predicted octanol–water partition coefficient (Wildman–Crippen LogP) is 1.25. The van der Waals surface area contributed by atoms with Crippen LogP contribution in [0.3, 0.4) is 0 Å². The summed E-state index contributed by atoms with van der Waals surface area (Å²) in [5.41, 5.74) is 1.93. The number of carbonyl (C=O) groups is 1. The summed E-state index contributed by atoms with van der Waals surface area (Å²) in [4.78, 5) is 13.5. The van der Waals surface area contributed by atoms with Crippen LogP contribution in [0.2, 0.25) is 0 Å². The molecule has 19 heavy (non-hydrogen) atoms. The summed E-state index contributed by atoms with van der Waals surface area (Å²) in [5.74, 6) is 0.00269. The monoisotopic (exact) mass is 258 g/mol. The molecule has 1 saturated heterocycles. The van der Waals surface area contributed by atoms with E-state index < -0.39 is 0 Å². The second-order valence-electron chi connectivity index (χ2n) is 5.22. The number of nitrogens with zero attached hydrogens (tertiary/aromatic N) is 1. The molecule has 1 atom stereocenters. The fourth-order valence-corrected chi connectivity index (χ4v) is 2.71. The Morgan fingerprint density at radius 2 is 2.11 bits per heavy atom. The third-order valence-electron chi connectivity index (χ3n) is 3.81. The molecule has 0 saturated carbocycles. The Morgan fingerprint density at radius 1 is 1.32 bits per heavy atom. The van der Waals surface area contributed by atoms with Crippen molar-refractivity contribution in [3.63, 3.8) is 0 Å². The molecule has 0 spiro atoms. The van der Waals surface area contributed by atoms with Crippen LogP contribution in [0.1, 0.15) is 12.5 Å². The van der Waals surface area contributed by atoms with Gasteiger partial charge in [0.2, 0.25) is 5.91 Å². The Labute approximate surface area is 113 Å². The third-order valence-corrected chi connectivity index (χ3v) is 3.81. The van der Waals surface area contributed by atoms with Crippen molar-refractivity contribution in [2.24, 2.45) is 0 Å². The van der Waals surface area contributed by atoms with E-state index in [0.29, 0.717) is 13.2 Å². The molecule has 0 bridgehead atoms. The van der Waals surface area contributed by atoms with Crippen LogP contribution in [-0.2, 0) is 15.1 Å². The molecule has 4 nitrogen and oxygen atoms in total. The standard InChI is InChI=1S/C15H18N2O2/c1-15(12-5-3-2-4-6-12)11-17(7-8-19-15)13-9-14(18)16-10-13/h2-6,9H,7-8,10-11H2,1H3,(H,16,18). The molecule has 1 amide bonds. The molecule has 3 rings (SSSR count). The van der Waals surface area contributed by atoms with Crippen LogP contribution in [0, 0.1) is 0 Å². The van der Waals surface area contributed by atoms with Crippen molar-refractivity contribution in [2.75, 3.05) is 26.2 Å². The lowest BCUT2D eigenvalue weighted by Crippen LogP contribution is -2.48. The van der Waals surface area contributed by atoms with Crippen LogP contribution in [0.4, 0.5) is 0 Å². The highest BCUT2D eigenvalue weighted by molar-refractivity contribution is 5.90. The SMILES string of the molecule is CC1(c2ccccc2)CN(C2=CC(=O)NC2)CCO1. The lowest BCUT2D eigenvalue weighted by Gasteiger charge is -2.42. The summed E-state index contributed by atoms with van der Waals surface area (Å²) >= 11 is 0. The molecule has 1 aromatic carbocycles. The van der Waals surface area contributed by atoms with Gasteiger partial charge in [-0.05, 0) is 12.5 Å². The van der Waals surface area contributed by atoms with Crippen molar-refractivity contribution >= 4 is 5.91 Å². The molecule has 1 N–H and O–H groups in total. The summed E-state index contributed by atoms with van der Waals surface area (Å²) < 4.78 is 5.99. The van der Waals surface area contributed by atoms with Crippen molar-refractivity contribution in [3.05, 3.63) is 47.7 Å². The van der Waals surface area contributed by atoms with Crippen LogP contribution >= 0.6 is 0 Å². The van der Waals surface area contributed by atoms with E-state index in [0.717, 1.165) is 18.8 Å². The lowest BCUT2D eigenvalue weighted by atomic mass is 9.93. The zero-order valence-corrected chi connectivity index (χ0v) is 11.1. The Bertz CT molecular complexity index is 512. The predicted molar refractivity (Wildman–Crippen MR) is 72.4 cm³/mol. The highest BCUT2D eigenvalue weighted by Gasteiger charge is 2.35. The number of hydrogen-bond acceptors (Lipinski definition) is 3. The van der Waals surface area contributed by atoms with Gasteiger partial charge in [0, 0.05) is 18.3 Å². The van der Waals surface area contributed by atoms with Gasteiger partial charge in [-0.1, -0.05) is 30.3 Å². The van der Waals surface area contributed by atoms with Crippen LogP contribution in [0.15, 0.2) is 42.1 Å². The quantitative estimate of drug-likeness (QED) is 0.868. The third kappa shape index (κ3) is 2.36. The molecular formula is C15H18N2O2. The second-order valence-corrected chi connectivity index (χ2v) is 5.22. The Morgan fingerprint density at radius 3 is 2.79 bits per heavy atom. The minimum Gasteiger partial charge on any atom is -0.368 e. The first-order valence-electron chi connectivity index (χ1n) is 6.60. The number of ether oxygens (including phenoxy) is 1. The molecule has 1 fully saturated rings. The van der Waals surface area contributed by atoms with E-state index in [1.165, 1.54) is 5.56 Å². The van der Waals surface area contributed by atoms with Gasteiger partial charge in [0.25, 0.3) is 0 Å². The number of amides is 1. The molecule has 0 aromatic heterocycles. The molecule has 1 aromatic rings. The molecule has 100 valence electrons. The molecule has 0 radical (unpaired) electrons. The molecule has 4 heteroatoms. The Kier molecular flexibility index (Phi) is 3.03. The van der Waals surface area contributed by atoms with Crippen LogP contribution < -0.4 is 5.32 Å². The summed E-state index contributed by atoms with van der Waals surface area (Å²) in [5, 5.41) is 2.82. The zero-order valence-electron chi connectivity index (χ0n) is 11.1. The number of carbonyl (C=O) groups excluding carboxylic acids is 1. The average Bonchev–Trinajstić information content (AvgIpc) is 2.87. The van der Waals surface area contributed by atoms with Gasteiger partial charge < -0.3 is 15.0 Å². The lowest BCUT2D eigenvalue weighted by molar-refractivity contribution is -0.115. The van der Waals surface area contributed by atoms with Gasteiger partial charge in [-0.3, -0.25) is 4.79 Å². The number of nitrogens with one attached hydrogen (secondary N) is 1. The van der Waals surface area contributed by atoms with Crippen LogP contribution in [0.25, 0.3) is 0 Å². The van der Waals surface area contributed by atoms with E-state index in [1.54, 1.807) is 6.08 Å². The second kappa shape index (κ2) is 4.70. The van der Waals surface area contributed by atoms with Gasteiger partial charge in [-0.25, -0.2) is 0 Å². The number of benzene rings is 1. The maximum atomic E-state index is 11.3. The van der Waals surface area contributed by atoms with E-state index in [-0.39, 0.29) is 11.5 Å². The van der Waals surface area contributed by atoms with E-state index in [9.17, 15) is 4.79 Å². The molecular weight excluding hydrogens is 240 g/mol. The summed E-state index contributed by atoms with van der Waals surface area (Å²) in [6.45, 7) is 5.03. The first kappa shape index (κ1) is 12.2. The maximum absolute atomic E-state index is 11.3. The highest BCUT2D eigenvalue weighted by Crippen LogP contribution is 2.30. The zero-order chi connectivity index (χ0) is 13.3. The average molecular weight is 258 g/mol. The number of rotatable bonds is 2. The van der Waals surface area contributed by atoms with E-state index in [2.05, 4.69) is 29.3 Å². The first-order chi connectivity index (χ1) is 9.17. The molecule has 2 aliphatic rings. The highest BCUT2D eigenvalue weighted by atomic mass is 16.5. The number of morpholine rings is 1. The summed E-state index contributed by atoms with van der Waals surface area (Å²) in [7, 11) is 0. The molecule has 0 aliphatic carbocycles. The Balaban J connectivity index is 1.81. The van der Waals surface area contributed by atoms with Gasteiger partial charge in [0.05, 0.1) is 19.7 Å². The van der Waals surface area contributed by atoms with Crippen LogP contribution in [0.5, 0.6) is 0 Å². The van der Waals surface area contributed by atoms with Gasteiger partial charge in [-0.15, -0.1) is 0 Å². The van der Waals surface area contributed by atoms with Crippen LogP contribution in [-0.4, -0.2) is 37.0 Å². The molecule has 2 aliphatic heterocycles. The van der Waals surface area contributed by atoms with Crippen molar-refractivity contribution in [2.45, 2.75) is 12.5 Å². The molecule has 2 heterocycles. The minimum atomic E-state index is -0.314. The normalized spacial score (nSPS) is 27.1. The van der Waals surface area contributed by atoms with E-state index in [1.807, 2.05) is 18.2 Å². The summed E-state index contributed by atoms with van der Waals surface area (Å²) in [6.07, 6.45) is 1.69. The van der Waals surface area contributed by atoms with Crippen molar-refractivity contribution in [3.8, 4) is 0 Å². The summed E-state index contributed by atoms with van der Waals surface area (Å²) in [6, 6.07) is 10.3. The smallest absolute Gasteiger partial charge is 0.246 e. The van der Waals surface area contributed by atoms with E-state index >= 15 is 0 Å². The van der Waals surface area contributed by atoms with Crippen molar-refractivity contribution in [1.82, 2.24) is 10.2 Å². The topological polar surface area (TPSA) is 41.6 Å². The first-order valence-corrected chi connectivity index (χ1v) is 6.60. The molecule has 1 unspecified atom stereocenters. The fraction of sp³-hybridized carbons (Fsp3) is 0.400. The van der Waals surface area contributed by atoms with Gasteiger partial charge in [0.1, 0.15) is 5.60 Å². The van der Waals surface area contributed by atoms with E-state index in [4.69, 9.17) is 4.74 Å². The van der Waals surface area contributed by atoms with Crippen molar-refractivity contribution in [1.29, 1.82) is 0 Å². The minimum absolute atomic E-state index is 0.00269. The van der Waals surface area contributed by atoms with Gasteiger partial charge in [0.15, 0.2) is 0 Å². The Hall–Kier alpha value is -1.81. The van der Waals surface area contributed by atoms with Crippen molar-refractivity contribution < 1.29 is 9.53 Å².